The van der Waals surface area contributed by atoms with Gasteiger partial charge in [0.05, 0.1) is 5.41 Å². The van der Waals surface area contributed by atoms with E-state index in [4.69, 9.17) is 5.73 Å². The van der Waals surface area contributed by atoms with Crippen molar-refractivity contribution in [3.05, 3.63) is 0 Å². The summed E-state index contributed by atoms with van der Waals surface area (Å²) < 4.78 is 0. The molecule has 17 heavy (non-hydrogen) atoms. The van der Waals surface area contributed by atoms with Crippen LogP contribution >= 0.6 is 0 Å². The highest BCUT2D eigenvalue weighted by Crippen LogP contribution is 2.48. The van der Waals surface area contributed by atoms with Crippen LogP contribution in [-0.4, -0.2) is 5.91 Å². The van der Waals surface area contributed by atoms with Crippen molar-refractivity contribution in [2.45, 2.75) is 66.2 Å². The molecule has 0 aromatic heterocycles. The third-order valence-electron chi connectivity index (χ3n) is 4.23. The van der Waals surface area contributed by atoms with E-state index in [2.05, 4.69) is 27.7 Å². The fraction of sp³-hybridized carbons (Fsp3) is 0.933. The molecule has 0 heterocycles. The van der Waals surface area contributed by atoms with E-state index in [1.54, 1.807) is 0 Å². The molecule has 1 saturated carbocycles. The molecular weight excluding hydrogens is 210 g/mol. The SMILES string of the molecule is CC(C)CC1CCCCC1(CC(C)C)C(N)=O. The maximum Gasteiger partial charge on any atom is 0.223 e. The van der Waals surface area contributed by atoms with Crippen LogP contribution in [0.4, 0.5) is 0 Å². The Bertz CT molecular complexity index is 260. The highest BCUT2D eigenvalue weighted by atomic mass is 16.1. The van der Waals surface area contributed by atoms with Gasteiger partial charge in [-0.15, -0.1) is 0 Å². The fourth-order valence-corrected chi connectivity index (χ4v) is 3.65. The van der Waals surface area contributed by atoms with Crippen molar-refractivity contribution >= 4 is 5.91 Å². The van der Waals surface area contributed by atoms with Crippen molar-refractivity contribution in [3.8, 4) is 0 Å². The average molecular weight is 239 g/mol. The molecule has 0 spiro atoms. The van der Waals surface area contributed by atoms with Crippen LogP contribution in [0.25, 0.3) is 0 Å². The summed E-state index contributed by atoms with van der Waals surface area (Å²) in [5, 5.41) is 0. The smallest absolute Gasteiger partial charge is 0.223 e. The largest absolute Gasteiger partial charge is 0.369 e. The van der Waals surface area contributed by atoms with Gasteiger partial charge in [-0.1, -0.05) is 40.5 Å². The molecule has 0 aromatic rings. The molecule has 0 aromatic carbocycles. The Labute approximate surface area is 106 Å². The Morgan fingerprint density at radius 3 is 2.35 bits per heavy atom. The highest BCUT2D eigenvalue weighted by molar-refractivity contribution is 5.81. The van der Waals surface area contributed by atoms with Crippen LogP contribution in [0.1, 0.15) is 66.2 Å². The van der Waals surface area contributed by atoms with Crippen molar-refractivity contribution in [1.29, 1.82) is 0 Å². The predicted molar refractivity (Wildman–Crippen MR) is 72.5 cm³/mol. The number of hydrogen-bond acceptors (Lipinski definition) is 1. The van der Waals surface area contributed by atoms with Gasteiger partial charge in [0, 0.05) is 0 Å². The van der Waals surface area contributed by atoms with E-state index in [0.29, 0.717) is 17.8 Å². The molecule has 1 rings (SSSR count). The van der Waals surface area contributed by atoms with Gasteiger partial charge in [0.2, 0.25) is 5.91 Å². The molecule has 2 heteroatoms. The maximum atomic E-state index is 12.0. The van der Waals surface area contributed by atoms with Crippen molar-refractivity contribution < 1.29 is 4.79 Å². The summed E-state index contributed by atoms with van der Waals surface area (Å²) >= 11 is 0. The van der Waals surface area contributed by atoms with Crippen LogP contribution in [0, 0.1) is 23.2 Å². The van der Waals surface area contributed by atoms with Crippen LogP contribution < -0.4 is 5.73 Å². The summed E-state index contributed by atoms with van der Waals surface area (Å²) in [5.74, 6) is 1.67. The molecule has 0 bridgehead atoms. The first kappa shape index (κ1) is 14.5. The van der Waals surface area contributed by atoms with Gasteiger partial charge < -0.3 is 5.73 Å². The molecule has 1 aliphatic rings. The zero-order valence-corrected chi connectivity index (χ0v) is 12.0. The molecule has 2 nitrogen and oxygen atoms in total. The van der Waals surface area contributed by atoms with Gasteiger partial charge in [-0.05, 0) is 43.4 Å². The number of amides is 1. The fourth-order valence-electron chi connectivity index (χ4n) is 3.65. The van der Waals surface area contributed by atoms with Crippen LogP contribution in [-0.2, 0) is 4.79 Å². The molecule has 0 aliphatic heterocycles. The number of carbonyl (C=O) groups is 1. The lowest BCUT2D eigenvalue weighted by molar-refractivity contribution is -0.135. The molecule has 100 valence electrons. The predicted octanol–water partition coefficient (Wildman–Crippen LogP) is 3.74. The second-order valence-corrected chi connectivity index (χ2v) is 6.69. The van der Waals surface area contributed by atoms with Crippen molar-refractivity contribution in [2.75, 3.05) is 0 Å². The number of rotatable bonds is 5. The maximum absolute atomic E-state index is 12.0. The number of hydrogen-bond donors (Lipinski definition) is 1. The molecule has 2 N–H and O–H groups in total. The van der Waals surface area contributed by atoms with E-state index in [-0.39, 0.29) is 11.3 Å². The minimum Gasteiger partial charge on any atom is -0.369 e. The van der Waals surface area contributed by atoms with Crippen LogP contribution in [0.2, 0.25) is 0 Å². The summed E-state index contributed by atoms with van der Waals surface area (Å²) in [5.41, 5.74) is 5.57. The molecular formula is C15H29NO. The minimum atomic E-state index is -0.212. The third kappa shape index (κ3) is 3.46. The first-order chi connectivity index (χ1) is 7.88. The van der Waals surface area contributed by atoms with Gasteiger partial charge in [-0.3, -0.25) is 4.79 Å². The van der Waals surface area contributed by atoms with Gasteiger partial charge in [0.1, 0.15) is 0 Å². The first-order valence-electron chi connectivity index (χ1n) is 7.18. The van der Waals surface area contributed by atoms with Gasteiger partial charge in [0.15, 0.2) is 0 Å². The second kappa shape index (κ2) is 5.88. The summed E-state index contributed by atoms with van der Waals surface area (Å²) in [6.07, 6.45) is 6.76. The molecule has 0 radical (unpaired) electrons. The summed E-state index contributed by atoms with van der Waals surface area (Å²) in [6.45, 7) is 8.89. The number of carbonyl (C=O) groups excluding carboxylic acids is 1. The van der Waals surface area contributed by atoms with Gasteiger partial charge in [-0.2, -0.15) is 0 Å². The van der Waals surface area contributed by atoms with Gasteiger partial charge >= 0.3 is 0 Å². The zero-order chi connectivity index (χ0) is 13.1. The van der Waals surface area contributed by atoms with Crippen molar-refractivity contribution in [2.24, 2.45) is 28.9 Å². The zero-order valence-electron chi connectivity index (χ0n) is 12.0. The van der Waals surface area contributed by atoms with Crippen molar-refractivity contribution in [3.63, 3.8) is 0 Å². The molecule has 2 atom stereocenters. The summed E-state index contributed by atoms with van der Waals surface area (Å²) in [6, 6.07) is 0. The van der Waals surface area contributed by atoms with E-state index in [9.17, 15) is 4.79 Å². The topological polar surface area (TPSA) is 43.1 Å². The van der Waals surface area contributed by atoms with Crippen LogP contribution in [0.3, 0.4) is 0 Å². The first-order valence-corrected chi connectivity index (χ1v) is 7.18. The molecule has 1 aliphatic carbocycles. The molecule has 2 unspecified atom stereocenters. The molecule has 1 fully saturated rings. The normalized spacial score (nSPS) is 29.9. The minimum absolute atomic E-state index is 0.0449. The Balaban J connectivity index is 2.91. The average Bonchev–Trinajstić information content (AvgIpc) is 2.19. The third-order valence-corrected chi connectivity index (χ3v) is 4.23. The van der Waals surface area contributed by atoms with E-state index in [1.165, 1.54) is 19.3 Å². The highest BCUT2D eigenvalue weighted by Gasteiger charge is 2.45. The Hall–Kier alpha value is -0.530. The number of nitrogens with two attached hydrogens (primary N) is 1. The standard InChI is InChI=1S/C15H29NO/c1-11(2)9-13-7-5-6-8-15(13,14(16)17)10-12(3)4/h11-13H,5-10H2,1-4H3,(H2,16,17). The van der Waals surface area contributed by atoms with Gasteiger partial charge in [0.25, 0.3) is 0 Å². The number of primary amides is 1. The Morgan fingerprint density at radius 1 is 1.24 bits per heavy atom. The lowest BCUT2D eigenvalue weighted by atomic mass is 9.60. The van der Waals surface area contributed by atoms with Crippen LogP contribution in [0.15, 0.2) is 0 Å². The Morgan fingerprint density at radius 2 is 1.88 bits per heavy atom. The van der Waals surface area contributed by atoms with E-state index < -0.39 is 0 Å². The Kier molecular flexibility index (Phi) is 5.03. The second-order valence-electron chi connectivity index (χ2n) is 6.69. The molecule has 1 amide bonds. The monoisotopic (exact) mass is 239 g/mol. The van der Waals surface area contributed by atoms with Crippen molar-refractivity contribution in [1.82, 2.24) is 0 Å². The molecule has 0 saturated heterocycles. The quantitative estimate of drug-likeness (QED) is 0.780. The van der Waals surface area contributed by atoms with Crippen LogP contribution in [0.5, 0.6) is 0 Å². The van der Waals surface area contributed by atoms with E-state index in [1.807, 2.05) is 0 Å². The summed E-state index contributed by atoms with van der Waals surface area (Å²) in [7, 11) is 0. The lowest BCUT2D eigenvalue weighted by Gasteiger charge is -2.44. The summed E-state index contributed by atoms with van der Waals surface area (Å²) in [4.78, 5) is 12.0. The van der Waals surface area contributed by atoms with E-state index >= 15 is 0 Å². The van der Waals surface area contributed by atoms with Gasteiger partial charge in [-0.25, -0.2) is 0 Å². The van der Waals surface area contributed by atoms with E-state index in [0.717, 1.165) is 19.3 Å². The lowest BCUT2D eigenvalue weighted by Crippen LogP contribution is -2.46.